The molecule has 1 aromatic carbocycles. The van der Waals surface area contributed by atoms with Crippen LogP contribution in [0.1, 0.15) is 27.7 Å². The summed E-state index contributed by atoms with van der Waals surface area (Å²) in [5.74, 6) is 1.80. The SMILES string of the molecule is C=Nc1nccn2c(C3C4COC[C@@H]43)nc(-c3ccc(C(=O)Nc4cc(C(F)(F)F)ccn4)cc3)c12. The highest BCUT2D eigenvalue weighted by Crippen LogP contribution is 2.57. The molecule has 1 aliphatic carbocycles. The predicted octanol–water partition coefficient (Wildman–Crippen LogP) is 4.75. The Morgan fingerprint density at radius 1 is 1.11 bits per heavy atom. The number of ether oxygens (including phenoxy) is 1. The minimum absolute atomic E-state index is 0.185. The van der Waals surface area contributed by atoms with E-state index in [9.17, 15) is 18.0 Å². The number of halogens is 3. The van der Waals surface area contributed by atoms with Crippen molar-refractivity contribution in [2.45, 2.75) is 12.1 Å². The van der Waals surface area contributed by atoms with Crippen molar-refractivity contribution in [2.24, 2.45) is 16.8 Å². The Morgan fingerprint density at radius 3 is 2.56 bits per heavy atom. The molecule has 2 unspecified atom stereocenters. The second-order valence-electron chi connectivity index (χ2n) is 8.80. The highest BCUT2D eigenvalue weighted by atomic mass is 19.4. The van der Waals surface area contributed by atoms with Crippen LogP contribution in [0, 0.1) is 11.8 Å². The lowest BCUT2D eigenvalue weighted by Gasteiger charge is -2.09. The summed E-state index contributed by atoms with van der Waals surface area (Å²) < 4.78 is 46.4. The quantitative estimate of drug-likeness (QED) is 0.406. The molecule has 36 heavy (non-hydrogen) atoms. The second kappa shape index (κ2) is 8.23. The maximum absolute atomic E-state index is 13.0. The fraction of sp³-hybridized carbons (Fsp3) is 0.240. The van der Waals surface area contributed by atoms with E-state index in [1.54, 1.807) is 30.5 Å². The minimum Gasteiger partial charge on any atom is -0.381 e. The average Bonchev–Trinajstić information content (AvgIpc) is 3.20. The number of carbonyl (C=O) groups excluding carboxylic acids is 1. The van der Waals surface area contributed by atoms with Gasteiger partial charge in [-0.05, 0) is 42.8 Å². The topological polar surface area (TPSA) is 93.8 Å². The molecule has 0 spiro atoms. The van der Waals surface area contributed by atoms with Gasteiger partial charge in [0.05, 0.1) is 18.8 Å². The van der Waals surface area contributed by atoms with Crippen molar-refractivity contribution in [3.8, 4) is 11.3 Å². The number of anilines is 1. The van der Waals surface area contributed by atoms with E-state index in [2.05, 4.69) is 27.0 Å². The lowest BCUT2D eigenvalue weighted by atomic mass is 10.1. The molecule has 4 heterocycles. The molecule has 1 amide bonds. The summed E-state index contributed by atoms with van der Waals surface area (Å²) in [7, 11) is 0. The number of nitrogens with zero attached hydrogens (tertiary/aromatic N) is 5. The van der Waals surface area contributed by atoms with Crippen molar-refractivity contribution in [1.82, 2.24) is 19.4 Å². The lowest BCUT2D eigenvalue weighted by molar-refractivity contribution is -0.137. The van der Waals surface area contributed by atoms with Crippen LogP contribution in [-0.2, 0) is 10.9 Å². The van der Waals surface area contributed by atoms with Gasteiger partial charge < -0.3 is 10.1 Å². The zero-order valence-corrected chi connectivity index (χ0v) is 18.7. The smallest absolute Gasteiger partial charge is 0.381 e. The third-order valence-electron chi connectivity index (χ3n) is 6.71. The van der Waals surface area contributed by atoms with Gasteiger partial charge >= 0.3 is 6.18 Å². The number of benzene rings is 1. The molecule has 4 aromatic rings. The van der Waals surface area contributed by atoms with Crippen LogP contribution >= 0.6 is 0 Å². The Balaban J connectivity index is 1.30. The highest BCUT2D eigenvalue weighted by Gasteiger charge is 2.56. The first kappa shape index (κ1) is 22.4. The number of aliphatic imine (C=N–C) groups is 1. The number of pyridine rings is 1. The van der Waals surface area contributed by atoms with Gasteiger partial charge in [0, 0.05) is 35.6 Å². The number of nitrogens with one attached hydrogen (secondary N) is 1. The van der Waals surface area contributed by atoms with Crippen molar-refractivity contribution in [1.29, 1.82) is 0 Å². The maximum Gasteiger partial charge on any atom is 0.416 e. The van der Waals surface area contributed by atoms with Crippen molar-refractivity contribution in [3.63, 3.8) is 0 Å². The summed E-state index contributed by atoms with van der Waals surface area (Å²) in [6.07, 6.45) is -0.0106. The van der Waals surface area contributed by atoms with E-state index in [0.29, 0.717) is 29.3 Å². The van der Waals surface area contributed by atoms with E-state index in [4.69, 9.17) is 9.72 Å². The fourth-order valence-corrected chi connectivity index (χ4v) is 4.86. The normalized spacial score (nSPS) is 20.8. The molecule has 1 N–H and O–H groups in total. The molecule has 2 aliphatic rings. The minimum atomic E-state index is -4.53. The van der Waals surface area contributed by atoms with Gasteiger partial charge in [-0.25, -0.2) is 19.9 Å². The van der Waals surface area contributed by atoms with Crippen LogP contribution in [0.25, 0.3) is 16.8 Å². The van der Waals surface area contributed by atoms with Crippen LogP contribution in [0.3, 0.4) is 0 Å². The molecule has 1 aliphatic heterocycles. The van der Waals surface area contributed by atoms with Gasteiger partial charge in [-0.3, -0.25) is 9.20 Å². The Bertz CT molecular complexity index is 1490. The molecule has 11 heteroatoms. The molecular formula is C25H19F3N6O2. The monoisotopic (exact) mass is 492 g/mol. The number of alkyl halides is 3. The Labute approximate surface area is 202 Å². The number of hydrogen-bond donors (Lipinski definition) is 1. The van der Waals surface area contributed by atoms with Gasteiger partial charge in [-0.15, -0.1) is 0 Å². The molecule has 0 radical (unpaired) electrons. The summed E-state index contributed by atoms with van der Waals surface area (Å²) in [4.78, 5) is 29.8. The standard InChI is InChI=1S/C25H19F3N6O2/c1-29-22-21-20(33-23(34(21)9-8-31-22)19-16-11-36-12-17(16)19)13-2-4-14(5-3-13)24(35)32-18-10-15(6-7-30-18)25(26,27)28/h2-10,16-17,19H,1,11-12H2,(H,30,32,35)/t16-,17?,19?/m0/s1. The summed E-state index contributed by atoms with van der Waals surface area (Å²) in [5.41, 5.74) is 1.50. The van der Waals surface area contributed by atoms with Crippen LogP contribution in [-0.4, -0.2) is 45.2 Å². The number of imidazole rings is 1. The second-order valence-corrected chi connectivity index (χ2v) is 8.80. The Morgan fingerprint density at radius 2 is 1.86 bits per heavy atom. The van der Waals surface area contributed by atoms with E-state index in [1.165, 1.54) is 0 Å². The van der Waals surface area contributed by atoms with Crippen molar-refractivity contribution < 1.29 is 22.7 Å². The summed E-state index contributed by atoms with van der Waals surface area (Å²) in [6, 6.07) is 8.27. The number of aromatic nitrogens is 4. The van der Waals surface area contributed by atoms with E-state index >= 15 is 0 Å². The van der Waals surface area contributed by atoms with Gasteiger partial charge in [0.2, 0.25) is 0 Å². The van der Waals surface area contributed by atoms with E-state index in [-0.39, 0.29) is 11.4 Å². The van der Waals surface area contributed by atoms with Crippen molar-refractivity contribution in [3.05, 3.63) is 71.9 Å². The molecule has 6 rings (SSSR count). The third-order valence-corrected chi connectivity index (χ3v) is 6.71. The molecule has 2 fully saturated rings. The number of carbonyl (C=O) groups is 1. The summed E-state index contributed by atoms with van der Waals surface area (Å²) in [5, 5.41) is 2.41. The first-order chi connectivity index (χ1) is 17.3. The highest BCUT2D eigenvalue weighted by molar-refractivity contribution is 6.04. The molecular weight excluding hydrogens is 473 g/mol. The van der Waals surface area contributed by atoms with Gasteiger partial charge in [0.25, 0.3) is 5.91 Å². The van der Waals surface area contributed by atoms with Crippen LogP contribution in [0.5, 0.6) is 0 Å². The molecule has 0 bridgehead atoms. The van der Waals surface area contributed by atoms with Crippen LogP contribution in [0.4, 0.5) is 24.8 Å². The molecule has 182 valence electrons. The van der Waals surface area contributed by atoms with E-state index in [0.717, 1.165) is 48.4 Å². The first-order valence-corrected chi connectivity index (χ1v) is 11.2. The van der Waals surface area contributed by atoms with Crippen molar-refractivity contribution >= 4 is 29.8 Å². The first-order valence-electron chi connectivity index (χ1n) is 11.2. The zero-order chi connectivity index (χ0) is 25.0. The number of rotatable bonds is 5. The zero-order valence-electron chi connectivity index (χ0n) is 18.7. The third kappa shape index (κ3) is 3.72. The maximum atomic E-state index is 13.0. The van der Waals surface area contributed by atoms with Gasteiger partial charge in [-0.1, -0.05) is 12.1 Å². The molecule has 8 nitrogen and oxygen atoms in total. The number of amides is 1. The van der Waals surface area contributed by atoms with Gasteiger partial charge in [0.1, 0.15) is 22.9 Å². The molecule has 1 saturated heterocycles. The van der Waals surface area contributed by atoms with Gasteiger partial charge in [-0.2, -0.15) is 13.2 Å². The van der Waals surface area contributed by atoms with E-state index in [1.807, 2.05) is 10.6 Å². The lowest BCUT2D eigenvalue weighted by Crippen LogP contribution is -2.14. The summed E-state index contributed by atoms with van der Waals surface area (Å²) in [6.45, 7) is 5.09. The van der Waals surface area contributed by atoms with Crippen molar-refractivity contribution in [2.75, 3.05) is 18.5 Å². The fourth-order valence-electron chi connectivity index (χ4n) is 4.86. The van der Waals surface area contributed by atoms with Crippen LogP contribution in [0.2, 0.25) is 0 Å². The Hall–Kier alpha value is -4.12. The number of fused-ring (bicyclic) bond motifs is 2. The number of hydrogen-bond acceptors (Lipinski definition) is 6. The van der Waals surface area contributed by atoms with Crippen LogP contribution < -0.4 is 5.32 Å². The van der Waals surface area contributed by atoms with Crippen LogP contribution in [0.15, 0.2) is 60.0 Å². The van der Waals surface area contributed by atoms with Gasteiger partial charge in [0.15, 0.2) is 5.82 Å². The Kier molecular flexibility index (Phi) is 5.11. The largest absolute Gasteiger partial charge is 0.416 e. The van der Waals surface area contributed by atoms with E-state index < -0.39 is 17.6 Å². The molecule has 1 saturated carbocycles. The molecule has 3 aromatic heterocycles. The predicted molar refractivity (Wildman–Crippen MR) is 125 cm³/mol. The molecule has 3 atom stereocenters. The summed E-state index contributed by atoms with van der Waals surface area (Å²) >= 11 is 0. The average molecular weight is 492 g/mol.